The van der Waals surface area contributed by atoms with Crippen LogP contribution < -0.4 is 10.6 Å². The van der Waals surface area contributed by atoms with Crippen LogP contribution in [-0.4, -0.2) is 17.9 Å². The summed E-state index contributed by atoms with van der Waals surface area (Å²) in [4.78, 5) is 27.8. The van der Waals surface area contributed by atoms with Gasteiger partial charge >= 0.3 is 0 Å². The maximum absolute atomic E-state index is 13.5. The Bertz CT molecular complexity index is 1010. The number of nitrogens with one attached hydrogen (secondary N) is 2. The smallest absolute Gasteiger partial charge is 0.259 e. The molecule has 2 heterocycles. The van der Waals surface area contributed by atoms with Crippen LogP contribution in [0.4, 0.5) is 5.00 Å². The molecule has 1 atom stereocenters. The molecule has 0 saturated heterocycles. The van der Waals surface area contributed by atoms with Gasteiger partial charge in [-0.15, -0.1) is 11.3 Å². The van der Waals surface area contributed by atoms with Gasteiger partial charge in [0.15, 0.2) is 0 Å². The SMILES string of the molecule is Cc1cc(C(=O)Nc2sc3c(c2C(=O)NC2CCCCC2)CC[C@H](C(C)(C)C)C3)c(C)o1. The van der Waals surface area contributed by atoms with Crippen molar-refractivity contribution in [3.8, 4) is 0 Å². The van der Waals surface area contributed by atoms with E-state index in [1.54, 1.807) is 24.3 Å². The second kappa shape index (κ2) is 9.05. The molecule has 0 bridgehead atoms. The lowest BCUT2D eigenvalue weighted by molar-refractivity contribution is 0.0927. The lowest BCUT2D eigenvalue weighted by Gasteiger charge is -2.34. The number of anilines is 1. The molecule has 1 fully saturated rings. The van der Waals surface area contributed by atoms with Crippen molar-refractivity contribution >= 4 is 28.2 Å². The maximum atomic E-state index is 13.5. The third-order valence-electron chi connectivity index (χ3n) is 7.17. The highest BCUT2D eigenvalue weighted by Crippen LogP contribution is 2.44. The molecule has 32 heavy (non-hydrogen) atoms. The predicted octanol–water partition coefficient (Wildman–Crippen LogP) is 6.42. The monoisotopic (exact) mass is 456 g/mol. The van der Waals surface area contributed by atoms with Gasteiger partial charge in [-0.05, 0) is 68.9 Å². The first kappa shape index (κ1) is 23.1. The molecular formula is C26H36N2O3S. The van der Waals surface area contributed by atoms with Gasteiger partial charge in [-0.25, -0.2) is 0 Å². The second-order valence-corrected chi connectivity index (χ2v) is 11.7. The first-order valence-corrected chi connectivity index (χ1v) is 12.8. The van der Waals surface area contributed by atoms with Crippen molar-refractivity contribution in [3.63, 3.8) is 0 Å². The van der Waals surface area contributed by atoms with Gasteiger partial charge in [-0.1, -0.05) is 40.0 Å². The fourth-order valence-corrected chi connectivity index (χ4v) is 6.50. The highest BCUT2D eigenvalue weighted by Gasteiger charge is 2.34. The molecule has 0 unspecified atom stereocenters. The van der Waals surface area contributed by atoms with Crippen LogP contribution in [0.2, 0.25) is 0 Å². The Hall–Kier alpha value is -2.08. The van der Waals surface area contributed by atoms with Crippen molar-refractivity contribution in [3.05, 3.63) is 39.2 Å². The molecule has 2 aliphatic carbocycles. The number of furan rings is 1. The van der Waals surface area contributed by atoms with Crippen molar-refractivity contribution in [1.82, 2.24) is 5.32 Å². The summed E-state index contributed by atoms with van der Waals surface area (Å²) in [7, 11) is 0. The molecule has 2 amide bonds. The fourth-order valence-electron chi connectivity index (χ4n) is 5.18. The first-order valence-electron chi connectivity index (χ1n) is 12.0. The topological polar surface area (TPSA) is 71.3 Å². The Morgan fingerprint density at radius 2 is 1.78 bits per heavy atom. The molecular weight excluding hydrogens is 420 g/mol. The molecule has 2 aromatic rings. The average Bonchev–Trinajstić information content (AvgIpc) is 3.26. The highest BCUT2D eigenvalue weighted by atomic mass is 32.1. The first-order chi connectivity index (χ1) is 15.1. The van der Waals surface area contributed by atoms with Gasteiger partial charge in [0.1, 0.15) is 16.5 Å². The zero-order valence-corrected chi connectivity index (χ0v) is 20.8. The van der Waals surface area contributed by atoms with Gasteiger partial charge in [0.05, 0.1) is 11.1 Å². The summed E-state index contributed by atoms with van der Waals surface area (Å²) in [6.45, 7) is 10.5. The zero-order chi connectivity index (χ0) is 23.0. The Balaban J connectivity index is 1.64. The molecule has 2 aliphatic rings. The minimum absolute atomic E-state index is 0.0287. The van der Waals surface area contributed by atoms with E-state index in [0.29, 0.717) is 33.6 Å². The summed E-state index contributed by atoms with van der Waals surface area (Å²) in [6, 6.07) is 2.00. The zero-order valence-electron chi connectivity index (χ0n) is 20.0. The van der Waals surface area contributed by atoms with Crippen molar-refractivity contribution < 1.29 is 14.0 Å². The lowest BCUT2D eigenvalue weighted by atomic mass is 9.72. The van der Waals surface area contributed by atoms with E-state index in [1.165, 1.54) is 24.1 Å². The Kier molecular flexibility index (Phi) is 6.53. The number of fused-ring (bicyclic) bond motifs is 1. The second-order valence-electron chi connectivity index (χ2n) is 10.6. The molecule has 0 spiro atoms. The molecule has 0 radical (unpaired) electrons. The van der Waals surface area contributed by atoms with E-state index in [0.717, 1.165) is 37.7 Å². The molecule has 2 N–H and O–H groups in total. The van der Waals surface area contributed by atoms with Gasteiger partial charge in [-0.3, -0.25) is 9.59 Å². The fraction of sp³-hybridized carbons (Fsp3) is 0.615. The summed E-state index contributed by atoms with van der Waals surface area (Å²) < 4.78 is 5.55. The third kappa shape index (κ3) is 4.80. The summed E-state index contributed by atoms with van der Waals surface area (Å²) in [5.41, 5.74) is 2.58. The number of thiophene rings is 1. The van der Waals surface area contributed by atoms with Crippen LogP contribution in [0.5, 0.6) is 0 Å². The summed E-state index contributed by atoms with van der Waals surface area (Å²) in [5.74, 6) is 1.64. The van der Waals surface area contributed by atoms with Crippen LogP contribution in [0.15, 0.2) is 10.5 Å². The van der Waals surface area contributed by atoms with E-state index in [-0.39, 0.29) is 23.3 Å². The van der Waals surface area contributed by atoms with Crippen molar-refractivity contribution in [2.75, 3.05) is 5.32 Å². The molecule has 174 valence electrons. The summed E-state index contributed by atoms with van der Waals surface area (Å²) >= 11 is 1.58. The van der Waals surface area contributed by atoms with Gasteiger partial charge in [0.25, 0.3) is 11.8 Å². The summed E-state index contributed by atoms with van der Waals surface area (Å²) in [6.07, 6.45) is 8.60. The maximum Gasteiger partial charge on any atom is 0.259 e. The predicted molar refractivity (Wildman–Crippen MR) is 130 cm³/mol. The van der Waals surface area contributed by atoms with Crippen molar-refractivity contribution in [2.24, 2.45) is 11.3 Å². The van der Waals surface area contributed by atoms with Gasteiger partial charge in [0.2, 0.25) is 0 Å². The summed E-state index contributed by atoms with van der Waals surface area (Å²) in [5, 5.41) is 7.03. The van der Waals surface area contributed by atoms with E-state index < -0.39 is 0 Å². The van der Waals surface area contributed by atoms with Gasteiger partial charge < -0.3 is 15.1 Å². The van der Waals surface area contributed by atoms with Crippen LogP contribution in [0.3, 0.4) is 0 Å². The van der Waals surface area contributed by atoms with Crippen LogP contribution in [0, 0.1) is 25.2 Å². The number of carbonyl (C=O) groups is 2. The number of hydrogen-bond acceptors (Lipinski definition) is 4. The van der Waals surface area contributed by atoms with Gasteiger partial charge in [-0.2, -0.15) is 0 Å². The van der Waals surface area contributed by atoms with E-state index in [4.69, 9.17) is 4.42 Å². The molecule has 5 nitrogen and oxygen atoms in total. The Labute approximate surface area is 195 Å². The van der Waals surface area contributed by atoms with Crippen LogP contribution in [0.1, 0.15) is 102 Å². The lowest BCUT2D eigenvalue weighted by Crippen LogP contribution is -2.37. The van der Waals surface area contributed by atoms with E-state index in [1.807, 2.05) is 6.92 Å². The number of carbonyl (C=O) groups excluding carboxylic acids is 2. The molecule has 2 aromatic heterocycles. The van der Waals surface area contributed by atoms with Crippen molar-refractivity contribution in [1.29, 1.82) is 0 Å². The van der Waals surface area contributed by atoms with Crippen LogP contribution >= 0.6 is 11.3 Å². The van der Waals surface area contributed by atoms with Crippen LogP contribution in [-0.2, 0) is 12.8 Å². The largest absolute Gasteiger partial charge is 0.466 e. The number of amides is 2. The standard InChI is InChI=1S/C26H36N2O3S/c1-15-13-20(16(2)31-15)23(29)28-25-22(24(30)27-18-9-7-6-8-10-18)19-12-11-17(26(3,4)5)14-21(19)32-25/h13,17-18H,6-12,14H2,1-5H3,(H,27,30)(H,28,29)/t17-/m0/s1. The Morgan fingerprint density at radius 3 is 2.41 bits per heavy atom. The van der Waals surface area contributed by atoms with Crippen LogP contribution in [0.25, 0.3) is 0 Å². The average molecular weight is 457 g/mol. The van der Waals surface area contributed by atoms with E-state index >= 15 is 0 Å². The number of hydrogen-bond donors (Lipinski definition) is 2. The number of aryl methyl sites for hydroxylation is 2. The quantitative estimate of drug-likeness (QED) is 0.557. The molecule has 0 aromatic carbocycles. The Morgan fingerprint density at radius 1 is 1.06 bits per heavy atom. The molecule has 6 heteroatoms. The normalized spacial score (nSPS) is 19.5. The van der Waals surface area contributed by atoms with E-state index in [2.05, 4.69) is 31.4 Å². The third-order valence-corrected chi connectivity index (χ3v) is 8.34. The van der Waals surface area contributed by atoms with Crippen molar-refractivity contribution in [2.45, 2.75) is 92.0 Å². The molecule has 4 rings (SSSR count). The number of rotatable bonds is 4. The minimum Gasteiger partial charge on any atom is -0.466 e. The van der Waals surface area contributed by atoms with Gasteiger partial charge in [0, 0.05) is 10.9 Å². The highest BCUT2D eigenvalue weighted by molar-refractivity contribution is 7.17. The minimum atomic E-state index is -0.211. The van der Waals surface area contributed by atoms with E-state index in [9.17, 15) is 9.59 Å². The molecule has 0 aliphatic heterocycles. The molecule has 1 saturated carbocycles.